The Bertz CT molecular complexity index is 642. The summed E-state index contributed by atoms with van der Waals surface area (Å²) in [5, 5.41) is 11.8. The molecule has 1 aliphatic heterocycles. The van der Waals surface area contributed by atoms with Gasteiger partial charge in [0.1, 0.15) is 5.60 Å². The average Bonchev–Trinajstić information content (AvgIpc) is 2.86. The van der Waals surface area contributed by atoms with E-state index in [0.29, 0.717) is 0 Å². The first-order chi connectivity index (χ1) is 10.7. The summed E-state index contributed by atoms with van der Waals surface area (Å²) in [5.74, 6) is 0. The second kappa shape index (κ2) is 5.22. The molecular formula is C20H23NO. The van der Waals surface area contributed by atoms with Gasteiger partial charge in [0.2, 0.25) is 0 Å². The Labute approximate surface area is 132 Å². The molecule has 1 N–H and O–H groups in total. The number of aliphatic hydroxyl groups is 1. The van der Waals surface area contributed by atoms with Crippen molar-refractivity contribution in [2.45, 2.75) is 37.8 Å². The van der Waals surface area contributed by atoms with Crippen LogP contribution in [-0.4, -0.2) is 29.1 Å². The lowest BCUT2D eigenvalue weighted by Crippen LogP contribution is -2.50. The van der Waals surface area contributed by atoms with Crippen LogP contribution in [0.15, 0.2) is 48.5 Å². The summed E-state index contributed by atoms with van der Waals surface area (Å²) >= 11 is 0. The molecule has 22 heavy (non-hydrogen) atoms. The minimum Gasteiger partial charge on any atom is -0.379 e. The number of nitrogens with zero attached hydrogens (tertiary/aromatic N) is 1. The summed E-state index contributed by atoms with van der Waals surface area (Å²) in [5.41, 5.74) is 3.60. The van der Waals surface area contributed by atoms with E-state index >= 15 is 0 Å². The summed E-state index contributed by atoms with van der Waals surface area (Å²) in [6.45, 7) is 4.37. The van der Waals surface area contributed by atoms with Gasteiger partial charge in [-0.2, -0.15) is 0 Å². The van der Waals surface area contributed by atoms with Crippen LogP contribution in [0.3, 0.4) is 0 Å². The first kappa shape index (κ1) is 14.0. The average molecular weight is 293 g/mol. The highest BCUT2D eigenvalue weighted by Gasteiger charge is 2.47. The van der Waals surface area contributed by atoms with Crippen LogP contribution in [0.1, 0.15) is 37.3 Å². The zero-order chi connectivity index (χ0) is 15.2. The SMILES string of the molecule is C[C@@H](N1CCCCC1)C1(O)c2ccccc2-c2ccccc21. The molecule has 2 aliphatic rings. The molecule has 1 heterocycles. The normalized spacial score (nSPS) is 21.2. The van der Waals surface area contributed by atoms with Gasteiger partial charge >= 0.3 is 0 Å². The van der Waals surface area contributed by atoms with Crippen LogP contribution in [0.2, 0.25) is 0 Å². The second-order valence-electron chi connectivity index (χ2n) is 6.63. The van der Waals surface area contributed by atoms with E-state index in [1.54, 1.807) is 0 Å². The molecule has 0 radical (unpaired) electrons. The third-order valence-electron chi connectivity index (χ3n) is 5.51. The fraction of sp³-hybridized carbons (Fsp3) is 0.400. The van der Waals surface area contributed by atoms with Gasteiger partial charge in [0.05, 0.1) is 0 Å². The summed E-state index contributed by atoms with van der Waals surface area (Å²) in [7, 11) is 0. The van der Waals surface area contributed by atoms with Crippen molar-refractivity contribution in [3.05, 3.63) is 59.7 Å². The number of benzene rings is 2. The molecule has 2 aromatic carbocycles. The van der Waals surface area contributed by atoms with Gasteiger partial charge in [-0.15, -0.1) is 0 Å². The second-order valence-corrected chi connectivity index (χ2v) is 6.63. The summed E-state index contributed by atoms with van der Waals surface area (Å²) in [6.07, 6.45) is 3.79. The maximum atomic E-state index is 11.8. The minimum atomic E-state index is -0.898. The molecule has 0 saturated carbocycles. The zero-order valence-electron chi connectivity index (χ0n) is 13.1. The molecule has 0 unspecified atom stereocenters. The minimum absolute atomic E-state index is 0.0950. The van der Waals surface area contributed by atoms with E-state index in [4.69, 9.17) is 0 Å². The molecule has 0 bridgehead atoms. The zero-order valence-corrected chi connectivity index (χ0v) is 13.1. The molecule has 2 aromatic rings. The van der Waals surface area contributed by atoms with Crippen LogP contribution in [0.25, 0.3) is 11.1 Å². The first-order valence-corrected chi connectivity index (χ1v) is 8.38. The number of fused-ring (bicyclic) bond motifs is 3. The van der Waals surface area contributed by atoms with Crippen LogP contribution in [0.4, 0.5) is 0 Å². The van der Waals surface area contributed by atoms with E-state index in [2.05, 4.69) is 48.2 Å². The Morgan fingerprint density at radius 2 is 1.36 bits per heavy atom. The number of hydrogen-bond acceptors (Lipinski definition) is 2. The standard InChI is InChI=1S/C20H23NO/c1-15(21-13-7-2-8-14-21)20(22)18-11-5-3-9-16(18)17-10-4-6-12-19(17)20/h3-6,9-12,15,22H,2,7-8,13-14H2,1H3/t15-/m1/s1. The summed E-state index contributed by atoms with van der Waals surface area (Å²) in [6, 6.07) is 16.8. The Kier molecular flexibility index (Phi) is 3.32. The van der Waals surface area contributed by atoms with Crippen LogP contribution in [0.5, 0.6) is 0 Å². The highest BCUT2D eigenvalue weighted by atomic mass is 16.3. The van der Waals surface area contributed by atoms with Crippen molar-refractivity contribution in [2.75, 3.05) is 13.1 Å². The van der Waals surface area contributed by atoms with E-state index < -0.39 is 5.60 Å². The third kappa shape index (κ3) is 1.87. The first-order valence-electron chi connectivity index (χ1n) is 8.38. The van der Waals surface area contributed by atoms with Gasteiger partial charge in [-0.3, -0.25) is 4.90 Å². The number of likely N-dealkylation sites (tertiary alicyclic amines) is 1. The van der Waals surface area contributed by atoms with Gasteiger partial charge < -0.3 is 5.11 Å². The van der Waals surface area contributed by atoms with Gasteiger partial charge in [-0.05, 0) is 55.1 Å². The van der Waals surface area contributed by atoms with E-state index in [1.807, 2.05) is 12.1 Å². The molecule has 0 spiro atoms. The Morgan fingerprint density at radius 1 is 0.864 bits per heavy atom. The van der Waals surface area contributed by atoms with Gasteiger partial charge in [0, 0.05) is 6.04 Å². The largest absolute Gasteiger partial charge is 0.379 e. The molecule has 114 valence electrons. The lowest BCUT2D eigenvalue weighted by Gasteiger charge is -2.41. The van der Waals surface area contributed by atoms with Crippen molar-refractivity contribution in [2.24, 2.45) is 0 Å². The molecule has 0 aromatic heterocycles. The molecule has 0 amide bonds. The molecule has 1 fully saturated rings. The topological polar surface area (TPSA) is 23.5 Å². The fourth-order valence-electron chi connectivity index (χ4n) is 4.27. The predicted molar refractivity (Wildman–Crippen MR) is 89.8 cm³/mol. The van der Waals surface area contributed by atoms with Gasteiger partial charge in [0.25, 0.3) is 0 Å². The monoisotopic (exact) mass is 293 g/mol. The van der Waals surface area contributed by atoms with Crippen molar-refractivity contribution in [1.29, 1.82) is 0 Å². The van der Waals surface area contributed by atoms with Gasteiger partial charge in [-0.25, -0.2) is 0 Å². The van der Waals surface area contributed by atoms with Crippen LogP contribution < -0.4 is 0 Å². The number of rotatable bonds is 2. The van der Waals surface area contributed by atoms with Crippen molar-refractivity contribution in [3.8, 4) is 11.1 Å². The van der Waals surface area contributed by atoms with Crippen molar-refractivity contribution >= 4 is 0 Å². The molecule has 1 aliphatic carbocycles. The smallest absolute Gasteiger partial charge is 0.131 e. The summed E-state index contributed by atoms with van der Waals surface area (Å²) < 4.78 is 0. The van der Waals surface area contributed by atoms with E-state index in [0.717, 1.165) is 24.2 Å². The van der Waals surface area contributed by atoms with Crippen LogP contribution in [-0.2, 0) is 5.60 Å². The van der Waals surface area contributed by atoms with E-state index in [-0.39, 0.29) is 6.04 Å². The molecule has 1 atom stereocenters. The molecule has 4 rings (SSSR count). The van der Waals surface area contributed by atoms with Gasteiger partial charge in [-0.1, -0.05) is 55.0 Å². The van der Waals surface area contributed by atoms with Crippen LogP contribution >= 0.6 is 0 Å². The maximum Gasteiger partial charge on any atom is 0.131 e. The predicted octanol–water partition coefficient (Wildman–Crippen LogP) is 3.78. The van der Waals surface area contributed by atoms with E-state index in [1.165, 1.54) is 30.4 Å². The lowest BCUT2D eigenvalue weighted by atomic mass is 9.83. The Morgan fingerprint density at radius 3 is 1.91 bits per heavy atom. The Balaban J connectivity index is 1.85. The molecule has 1 saturated heterocycles. The quantitative estimate of drug-likeness (QED) is 0.911. The number of piperidine rings is 1. The Hall–Kier alpha value is -1.64. The number of hydrogen-bond donors (Lipinski definition) is 1. The summed E-state index contributed by atoms with van der Waals surface area (Å²) in [4.78, 5) is 2.46. The van der Waals surface area contributed by atoms with Crippen molar-refractivity contribution < 1.29 is 5.11 Å². The van der Waals surface area contributed by atoms with Gasteiger partial charge in [0.15, 0.2) is 0 Å². The fourth-order valence-corrected chi connectivity index (χ4v) is 4.27. The van der Waals surface area contributed by atoms with Crippen molar-refractivity contribution in [1.82, 2.24) is 4.90 Å². The highest BCUT2D eigenvalue weighted by molar-refractivity contribution is 5.80. The maximum absolute atomic E-state index is 11.8. The van der Waals surface area contributed by atoms with Crippen molar-refractivity contribution in [3.63, 3.8) is 0 Å². The highest BCUT2D eigenvalue weighted by Crippen LogP contribution is 2.50. The molecule has 2 heteroatoms. The molecule has 2 nitrogen and oxygen atoms in total. The molecular weight excluding hydrogens is 270 g/mol. The lowest BCUT2D eigenvalue weighted by molar-refractivity contribution is -0.0162. The van der Waals surface area contributed by atoms with E-state index in [9.17, 15) is 5.11 Å². The third-order valence-corrected chi connectivity index (χ3v) is 5.51. The van der Waals surface area contributed by atoms with Crippen LogP contribution in [0, 0.1) is 0 Å².